The van der Waals surface area contributed by atoms with E-state index in [1.54, 1.807) is 20.2 Å². The van der Waals surface area contributed by atoms with Crippen LogP contribution in [-0.2, 0) is 16.1 Å². The van der Waals surface area contributed by atoms with Crippen molar-refractivity contribution in [3.05, 3.63) is 30.6 Å². The number of nitrogens with zero attached hydrogens (tertiary/aromatic N) is 2. The van der Waals surface area contributed by atoms with Gasteiger partial charge in [0.05, 0.1) is 22.8 Å². The molecule has 0 saturated heterocycles. The van der Waals surface area contributed by atoms with E-state index >= 15 is 0 Å². The Kier molecular flexibility index (Phi) is 4.26. The largest absolute Gasteiger partial charge is 0.369 e. The fourth-order valence-electron chi connectivity index (χ4n) is 1.91. The van der Waals surface area contributed by atoms with Crippen molar-refractivity contribution in [3.63, 3.8) is 0 Å². The summed E-state index contributed by atoms with van der Waals surface area (Å²) >= 11 is 0. The molecule has 0 fully saturated rings. The first kappa shape index (κ1) is 15.0. The van der Waals surface area contributed by atoms with Crippen LogP contribution in [0.1, 0.15) is 20.3 Å². The van der Waals surface area contributed by atoms with E-state index in [4.69, 9.17) is 5.73 Å². The van der Waals surface area contributed by atoms with Gasteiger partial charge >= 0.3 is 0 Å². The van der Waals surface area contributed by atoms with Crippen molar-refractivity contribution in [1.82, 2.24) is 14.9 Å². The number of aryl methyl sites for hydroxylation is 1. The van der Waals surface area contributed by atoms with E-state index in [1.165, 1.54) is 0 Å². The number of nitrogens with two attached hydrogens (primary N) is 1. The first-order valence-electron chi connectivity index (χ1n) is 6.86. The molecule has 1 aromatic heterocycles. The van der Waals surface area contributed by atoms with Crippen LogP contribution in [0.2, 0.25) is 0 Å². The van der Waals surface area contributed by atoms with E-state index in [0.29, 0.717) is 13.0 Å². The Hall–Kier alpha value is -2.37. The molecule has 112 valence electrons. The summed E-state index contributed by atoms with van der Waals surface area (Å²) in [5.41, 5.74) is 6.44. The van der Waals surface area contributed by atoms with Crippen LogP contribution < -0.4 is 11.1 Å². The molecular formula is C15H20N4O2. The van der Waals surface area contributed by atoms with Crippen molar-refractivity contribution < 1.29 is 9.59 Å². The smallest absolute Gasteiger partial charge is 0.224 e. The summed E-state index contributed by atoms with van der Waals surface area (Å²) in [6.07, 6.45) is 2.06. The van der Waals surface area contributed by atoms with Crippen LogP contribution in [0, 0.1) is 5.41 Å². The number of nitrogens with one attached hydrogen (secondary N) is 1. The van der Waals surface area contributed by atoms with Gasteiger partial charge < -0.3 is 15.6 Å². The van der Waals surface area contributed by atoms with E-state index in [-0.39, 0.29) is 12.5 Å². The first-order valence-corrected chi connectivity index (χ1v) is 6.86. The summed E-state index contributed by atoms with van der Waals surface area (Å²) in [6, 6.07) is 7.77. The van der Waals surface area contributed by atoms with Crippen LogP contribution in [0.5, 0.6) is 0 Å². The molecule has 3 N–H and O–H groups in total. The highest BCUT2D eigenvalue weighted by molar-refractivity contribution is 5.82. The lowest BCUT2D eigenvalue weighted by Crippen LogP contribution is -2.42. The lowest BCUT2D eigenvalue weighted by molar-refractivity contribution is -0.127. The Balaban J connectivity index is 1.88. The number of carbonyl (C=O) groups excluding carboxylic acids is 2. The van der Waals surface area contributed by atoms with Crippen molar-refractivity contribution in [3.8, 4) is 0 Å². The Bertz CT molecular complexity index is 660. The maximum Gasteiger partial charge on any atom is 0.224 e. The number of rotatable bonds is 6. The lowest BCUT2D eigenvalue weighted by atomic mass is 9.93. The number of aromatic nitrogens is 2. The molecule has 0 atom stereocenters. The average molecular weight is 288 g/mol. The van der Waals surface area contributed by atoms with Gasteiger partial charge in [0.15, 0.2) is 0 Å². The molecule has 1 aromatic carbocycles. The third kappa shape index (κ3) is 3.59. The normalized spacial score (nSPS) is 11.5. The Labute approximate surface area is 123 Å². The molecule has 0 spiro atoms. The third-order valence-corrected chi connectivity index (χ3v) is 3.50. The summed E-state index contributed by atoms with van der Waals surface area (Å²) in [4.78, 5) is 27.3. The molecule has 2 rings (SSSR count). The van der Waals surface area contributed by atoms with Gasteiger partial charge in [-0.05, 0) is 26.0 Å². The van der Waals surface area contributed by atoms with Crippen molar-refractivity contribution in [2.75, 3.05) is 6.54 Å². The second kappa shape index (κ2) is 5.95. The lowest BCUT2D eigenvalue weighted by Gasteiger charge is -2.20. The van der Waals surface area contributed by atoms with Crippen LogP contribution in [0.3, 0.4) is 0 Å². The third-order valence-electron chi connectivity index (χ3n) is 3.50. The molecule has 6 nitrogen and oxygen atoms in total. The van der Waals surface area contributed by atoms with Crippen LogP contribution >= 0.6 is 0 Å². The zero-order valence-corrected chi connectivity index (χ0v) is 12.3. The van der Waals surface area contributed by atoms with E-state index in [0.717, 1.165) is 11.0 Å². The molecule has 2 amide bonds. The summed E-state index contributed by atoms with van der Waals surface area (Å²) in [5, 5.41) is 2.74. The molecule has 6 heteroatoms. The maximum atomic E-state index is 11.8. The molecule has 0 saturated carbocycles. The van der Waals surface area contributed by atoms with Crippen LogP contribution in [0.15, 0.2) is 30.6 Å². The summed E-state index contributed by atoms with van der Waals surface area (Å²) in [5.74, 6) is -0.537. The molecule has 0 radical (unpaired) electrons. The minimum absolute atomic E-state index is 0.109. The van der Waals surface area contributed by atoms with E-state index in [2.05, 4.69) is 10.3 Å². The van der Waals surface area contributed by atoms with Crippen LogP contribution in [-0.4, -0.2) is 27.9 Å². The van der Waals surface area contributed by atoms with Gasteiger partial charge in [-0.2, -0.15) is 0 Å². The van der Waals surface area contributed by atoms with Gasteiger partial charge in [-0.25, -0.2) is 4.98 Å². The molecule has 0 unspecified atom stereocenters. The average Bonchev–Trinajstić information content (AvgIpc) is 2.86. The highest BCUT2D eigenvalue weighted by Crippen LogP contribution is 2.13. The predicted octanol–water partition coefficient (Wildman–Crippen LogP) is 1.05. The second-order valence-corrected chi connectivity index (χ2v) is 5.70. The van der Waals surface area contributed by atoms with E-state index in [9.17, 15) is 9.59 Å². The first-order chi connectivity index (χ1) is 9.90. The number of benzene rings is 1. The number of carbonyl (C=O) groups is 2. The minimum atomic E-state index is -0.739. The van der Waals surface area contributed by atoms with Gasteiger partial charge in [0.1, 0.15) is 0 Å². The van der Waals surface area contributed by atoms with Gasteiger partial charge in [-0.3, -0.25) is 9.59 Å². The van der Waals surface area contributed by atoms with Gasteiger partial charge in [0.2, 0.25) is 11.8 Å². The molecule has 0 bridgehead atoms. The molecule has 0 aliphatic heterocycles. The van der Waals surface area contributed by atoms with Crippen molar-refractivity contribution in [2.45, 2.75) is 26.8 Å². The quantitative estimate of drug-likeness (QED) is 0.832. The number of primary amides is 1. The monoisotopic (exact) mass is 288 g/mol. The summed E-state index contributed by atoms with van der Waals surface area (Å²) in [6.45, 7) is 4.20. The number of fused-ring (bicyclic) bond motifs is 1. The van der Waals surface area contributed by atoms with Crippen molar-refractivity contribution in [1.29, 1.82) is 0 Å². The molecule has 0 aliphatic carbocycles. The highest BCUT2D eigenvalue weighted by atomic mass is 16.2. The SMILES string of the molecule is CC(C)(CNC(=O)CCn1cnc2ccccc21)C(N)=O. The molecule has 1 heterocycles. The summed E-state index contributed by atoms with van der Waals surface area (Å²) < 4.78 is 1.94. The van der Waals surface area contributed by atoms with Gasteiger partial charge in [-0.1, -0.05) is 12.1 Å². The Morgan fingerprint density at radius 3 is 2.76 bits per heavy atom. The van der Waals surface area contributed by atoms with Crippen molar-refractivity contribution >= 4 is 22.8 Å². The maximum absolute atomic E-state index is 11.8. The highest BCUT2D eigenvalue weighted by Gasteiger charge is 2.25. The number of amides is 2. The standard InChI is InChI=1S/C15H20N4O2/c1-15(2,14(16)21)9-17-13(20)7-8-19-10-18-11-5-3-4-6-12(11)19/h3-6,10H,7-9H2,1-2H3,(H2,16,21)(H,17,20). The van der Waals surface area contributed by atoms with Gasteiger partial charge in [0, 0.05) is 19.5 Å². The predicted molar refractivity (Wildman–Crippen MR) is 80.3 cm³/mol. The van der Waals surface area contributed by atoms with Gasteiger partial charge in [-0.15, -0.1) is 0 Å². The van der Waals surface area contributed by atoms with E-state index in [1.807, 2.05) is 28.8 Å². The number of hydrogen-bond donors (Lipinski definition) is 2. The van der Waals surface area contributed by atoms with E-state index < -0.39 is 11.3 Å². The fraction of sp³-hybridized carbons (Fsp3) is 0.400. The number of para-hydroxylation sites is 2. The minimum Gasteiger partial charge on any atom is -0.369 e. The molecule has 21 heavy (non-hydrogen) atoms. The number of hydrogen-bond acceptors (Lipinski definition) is 3. The Morgan fingerprint density at radius 1 is 1.33 bits per heavy atom. The molecule has 2 aromatic rings. The topological polar surface area (TPSA) is 90.0 Å². The zero-order valence-electron chi connectivity index (χ0n) is 12.3. The zero-order chi connectivity index (χ0) is 15.5. The Morgan fingerprint density at radius 2 is 2.05 bits per heavy atom. The fourth-order valence-corrected chi connectivity index (χ4v) is 1.91. The number of imidazole rings is 1. The summed E-state index contributed by atoms with van der Waals surface area (Å²) in [7, 11) is 0. The van der Waals surface area contributed by atoms with Crippen molar-refractivity contribution in [2.24, 2.45) is 11.1 Å². The second-order valence-electron chi connectivity index (χ2n) is 5.70. The molecule has 0 aliphatic rings. The van der Waals surface area contributed by atoms with Crippen LogP contribution in [0.4, 0.5) is 0 Å². The van der Waals surface area contributed by atoms with Crippen LogP contribution in [0.25, 0.3) is 11.0 Å². The molecular weight excluding hydrogens is 268 g/mol. The van der Waals surface area contributed by atoms with Gasteiger partial charge in [0.25, 0.3) is 0 Å².